The van der Waals surface area contributed by atoms with Crippen LogP contribution >= 0.6 is 0 Å². The van der Waals surface area contributed by atoms with E-state index >= 15 is 0 Å². The lowest BCUT2D eigenvalue weighted by molar-refractivity contribution is -0.125. The van der Waals surface area contributed by atoms with Crippen molar-refractivity contribution in [2.24, 2.45) is 11.5 Å². The molecule has 3 amide bonds. The van der Waals surface area contributed by atoms with Crippen LogP contribution in [0, 0.1) is 0 Å². The highest BCUT2D eigenvalue weighted by Crippen LogP contribution is 1.94. The van der Waals surface area contributed by atoms with Crippen LogP contribution < -0.4 is 22.1 Å². The van der Waals surface area contributed by atoms with Gasteiger partial charge in [-0.2, -0.15) is 0 Å². The maximum absolute atomic E-state index is 11.1. The SMILES string of the molecule is CC(C)(N)C(=O)NCCNC(N)=O. The number of primary amides is 1. The van der Waals surface area contributed by atoms with Crippen LogP contribution in [0.3, 0.4) is 0 Å². The summed E-state index contributed by atoms with van der Waals surface area (Å²) < 4.78 is 0. The Hall–Kier alpha value is -1.30. The third-order valence-corrected chi connectivity index (χ3v) is 1.30. The molecule has 0 atom stereocenters. The van der Waals surface area contributed by atoms with Crippen LogP contribution in [0.25, 0.3) is 0 Å². The quantitative estimate of drug-likeness (QED) is 0.403. The molecule has 0 saturated heterocycles. The van der Waals surface area contributed by atoms with E-state index in [0.29, 0.717) is 13.1 Å². The van der Waals surface area contributed by atoms with E-state index < -0.39 is 11.6 Å². The van der Waals surface area contributed by atoms with Crippen LogP contribution in [0.2, 0.25) is 0 Å². The standard InChI is InChI=1S/C7H16N4O2/c1-7(2,9)5(12)10-3-4-11-6(8)13/h3-4,9H2,1-2H3,(H,10,12)(H3,8,11,13). The number of nitrogens with one attached hydrogen (secondary N) is 2. The van der Waals surface area contributed by atoms with Crippen molar-refractivity contribution in [3.63, 3.8) is 0 Å². The van der Waals surface area contributed by atoms with Gasteiger partial charge in [0.2, 0.25) is 5.91 Å². The fourth-order valence-corrected chi connectivity index (χ4v) is 0.590. The highest BCUT2D eigenvalue weighted by molar-refractivity contribution is 5.85. The Morgan fingerprint density at radius 3 is 2.08 bits per heavy atom. The third kappa shape index (κ3) is 5.92. The second-order valence-corrected chi connectivity index (χ2v) is 3.27. The molecule has 0 aromatic carbocycles. The van der Waals surface area contributed by atoms with E-state index in [0.717, 1.165) is 0 Å². The zero-order valence-corrected chi connectivity index (χ0v) is 7.89. The first-order chi connectivity index (χ1) is 5.84. The normalized spacial score (nSPS) is 10.7. The molecular formula is C7H16N4O2. The van der Waals surface area contributed by atoms with Crippen molar-refractivity contribution in [3.05, 3.63) is 0 Å². The molecule has 0 aliphatic heterocycles. The van der Waals surface area contributed by atoms with Crippen molar-refractivity contribution >= 4 is 11.9 Å². The smallest absolute Gasteiger partial charge is 0.312 e. The Morgan fingerprint density at radius 1 is 1.23 bits per heavy atom. The molecular weight excluding hydrogens is 172 g/mol. The first kappa shape index (κ1) is 11.7. The van der Waals surface area contributed by atoms with Gasteiger partial charge in [-0.25, -0.2) is 4.79 Å². The first-order valence-corrected chi connectivity index (χ1v) is 3.94. The van der Waals surface area contributed by atoms with Gasteiger partial charge >= 0.3 is 6.03 Å². The van der Waals surface area contributed by atoms with Crippen LogP contribution in [0.1, 0.15) is 13.8 Å². The molecule has 0 saturated carbocycles. The van der Waals surface area contributed by atoms with E-state index in [-0.39, 0.29) is 5.91 Å². The second-order valence-electron chi connectivity index (χ2n) is 3.27. The van der Waals surface area contributed by atoms with Crippen LogP contribution in [-0.4, -0.2) is 30.6 Å². The maximum Gasteiger partial charge on any atom is 0.312 e. The van der Waals surface area contributed by atoms with Gasteiger partial charge in [0.1, 0.15) is 0 Å². The zero-order valence-electron chi connectivity index (χ0n) is 7.89. The average molecular weight is 188 g/mol. The molecule has 6 heteroatoms. The molecule has 0 radical (unpaired) electrons. The largest absolute Gasteiger partial charge is 0.353 e. The fourth-order valence-electron chi connectivity index (χ4n) is 0.590. The van der Waals surface area contributed by atoms with Crippen molar-refractivity contribution in [1.82, 2.24) is 10.6 Å². The summed E-state index contributed by atoms with van der Waals surface area (Å²) in [7, 11) is 0. The lowest BCUT2D eigenvalue weighted by atomic mass is 10.1. The van der Waals surface area contributed by atoms with E-state index in [4.69, 9.17) is 11.5 Å². The van der Waals surface area contributed by atoms with Gasteiger partial charge in [-0.3, -0.25) is 4.79 Å². The minimum Gasteiger partial charge on any atom is -0.353 e. The van der Waals surface area contributed by atoms with Crippen molar-refractivity contribution in [2.45, 2.75) is 19.4 Å². The molecule has 6 nitrogen and oxygen atoms in total. The molecule has 0 spiro atoms. The Labute approximate surface area is 77.0 Å². The number of amides is 3. The number of urea groups is 1. The molecule has 0 aliphatic rings. The molecule has 0 aliphatic carbocycles. The summed E-state index contributed by atoms with van der Waals surface area (Å²) in [6, 6.07) is -0.610. The van der Waals surface area contributed by atoms with Crippen molar-refractivity contribution in [2.75, 3.05) is 13.1 Å². The molecule has 0 unspecified atom stereocenters. The lowest BCUT2D eigenvalue weighted by Crippen LogP contribution is -2.50. The summed E-state index contributed by atoms with van der Waals surface area (Å²) in [5.41, 5.74) is 9.41. The van der Waals surface area contributed by atoms with Gasteiger partial charge in [0.05, 0.1) is 5.54 Å². The molecule has 76 valence electrons. The van der Waals surface area contributed by atoms with E-state index in [1.165, 1.54) is 0 Å². The topological polar surface area (TPSA) is 110 Å². The predicted molar refractivity (Wildman–Crippen MR) is 48.9 cm³/mol. The molecule has 0 fully saturated rings. The lowest BCUT2D eigenvalue weighted by Gasteiger charge is -2.17. The predicted octanol–water partition coefficient (Wildman–Crippen LogP) is -1.49. The summed E-state index contributed by atoms with van der Waals surface area (Å²) in [4.78, 5) is 21.3. The van der Waals surface area contributed by atoms with Gasteiger partial charge < -0.3 is 22.1 Å². The first-order valence-electron chi connectivity index (χ1n) is 3.94. The monoisotopic (exact) mass is 188 g/mol. The molecule has 13 heavy (non-hydrogen) atoms. The van der Waals surface area contributed by atoms with E-state index in [1.54, 1.807) is 13.8 Å². The summed E-state index contributed by atoms with van der Waals surface area (Å²) in [6.07, 6.45) is 0. The van der Waals surface area contributed by atoms with Crippen LogP contribution in [0.4, 0.5) is 4.79 Å². The van der Waals surface area contributed by atoms with Gasteiger partial charge in [0, 0.05) is 13.1 Å². The number of rotatable bonds is 4. The van der Waals surface area contributed by atoms with Crippen molar-refractivity contribution in [1.29, 1.82) is 0 Å². The van der Waals surface area contributed by atoms with Crippen molar-refractivity contribution in [3.8, 4) is 0 Å². The Balaban J connectivity index is 3.55. The number of carbonyl (C=O) groups excluding carboxylic acids is 2. The Bertz CT molecular complexity index is 197. The molecule has 0 rings (SSSR count). The van der Waals surface area contributed by atoms with Gasteiger partial charge in [-0.05, 0) is 13.8 Å². The highest BCUT2D eigenvalue weighted by atomic mass is 16.2. The third-order valence-electron chi connectivity index (χ3n) is 1.30. The summed E-state index contributed by atoms with van der Waals surface area (Å²) in [5, 5.41) is 4.88. The molecule has 0 aromatic heterocycles. The van der Waals surface area contributed by atoms with Gasteiger partial charge in [-0.15, -0.1) is 0 Å². The molecule has 0 bridgehead atoms. The van der Waals surface area contributed by atoms with Crippen LogP contribution in [0.5, 0.6) is 0 Å². The second kappa shape index (κ2) is 4.66. The number of carbonyl (C=O) groups is 2. The highest BCUT2D eigenvalue weighted by Gasteiger charge is 2.20. The van der Waals surface area contributed by atoms with Crippen molar-refractivity contribution < 1.29 is 9.59 Å². The van der Waals surface area contributed by atoms with E-state index in [1.807, 2.05) is 0 Å². The maximum atomic E-state index is 11.1. The fraction of sp³-hybridized carbons (Fsp3) is 0.714. The summed E-state index contributed by atoms with van der Waals surface area (Å²) in [6.45, 7) is 3.83. The molecule has 0 aromatic rings. The summed E-state index contributed by atoms with van der Waals surface area (Å²) >= 11 is 0. The van der Waals surface area contributed by atoms with Crippen LogP contribution in [-0.2, 0) is 4.79 Å². The van der Waals surface area contributed by atoms with E-state index in [9.17, 15) is 9.59 Å². The van der Waals surface area contributed by atoms with Gasteiger partial charge in [0.15, 0.2) is 0 Å². The number of hydrogen-bond acceptors (Lipinski definition) is 3. The van der Waals surface area contributed by atoms with Crippen LogP contribution in [0.15, 0.2) is 0 Å². The number of hydrogen-bond donors (Lipinski definition) is 4. The molecule has 0 heterocycles. The Kier molecular flexibility index (Phi) is 4.19. The zero-order chi connectivity index (χ0) is 10.5. The summed E-state index contributed by atoms with van der Waals surface area (Å²) in [5.74, 6) is -0.265. The average Bonchev–Trinajstić information content (AvgIpc) is 1.95. The number of nitrogens with two attached hydrogens (primary N) is 2. The van der Waals surface area contributed by atoms with Gasteiger partial charge in [0.25, 0.3) is 0 Å². The minimum absolute atomic E-state index is 0.265. The van der Waals surface area contributed by atoms with E-state index in [2.05, 4.69) is 10.6 Å². The minimum atomic E-state index is -0.896. The Morgan fingerprint density at radius 2 is 1.69 bits per heavy atom. The van der Waals surface area contributed by atoms with Gasteiger partial charge in [-0.1, -0.05) is 0 Å². The molecule has 6 N–H and O–H groups in total.